The first kappa shape index (κ1) is 31.6. The monoisotopic (exact) mass is 670 g/mol. The van der Waals surface area contributed by atoms with Crippen molar-refractivity contribution in [3.05, 3.63) is 131 Å². The van der Waals surface area contributed by atoms with Gasteiger partial charge in [0.05, 0.1) is 0 Å². The maximum Gasteiger partial charge on any atom is -0.00202 e. The summed E-state index contributed by atoms with van der Waals surface area (Å²) in [4.78, 5) is 0. The van der Waals surface area contributed by atoms with Gasteiger partial charge in [-0.1, -0.05) is 109 Å². The molecular formula is C42H38S4. The second-order valence-electron chi connectivity index (χ2n) is 11.9. The highest BCUT2D eigenvalue weighted by Crippen LogP contribution is 2.52. The lowest BCUT2D eigenvalue weighted by molar-refractivity contribution is 1.17. The van der Waals surface area contributed by atoms with Crippen LogP contribution in [-0.2, 0) is 25.7 Å². The van der Waals surface area contributed by atoms with Crippen LogP contribution in [0.1, 0.15) is 22.3 Å². The Hall–Kier alpha value is -3.02. The largest absolute Gasteiger partial charge is 0.179 e. The Bertz CT molecular complexity index is 1910. The minimum atomic E-state index is 0.768. The summed E-state index contributed by atoms with van der Waals surface area (Å²) in [6, 6.07) is 40.2. The highest BCUT2D eigenvalue weighted by molar-refractivity contribution is 7.80. The number of hydrogen-bond acceptors (Lipinski definition) is 4. The highest BCUT2D eigenvalue weighted by atomic mass is 32.1. The first-order valence-corrected chi connectivity index (χ1v) is 18.7. The first-order chi connectivity index (χ1) is 22.7. The summed E-state index contributed by atoms with van der Waals surface area (Å²) in [7, 11) is 0. The summed E-state index contributed by atoms with van der Waals surface area (Å²) in [6.07, 6.45) is 3.50. The van der Waals surface area contributed by atoms with Gasteiger partial charge in [0, 0.05) is 0 Å². The molecule has 0 atom stereocenters. The van der Waals surface area contributed by atoms with E-state index >= 15 is 0 Å². The van der Waals surface area contributed by atoms with Gasteiger partial charge in [0.25, 0.3) is 0 Å². The van der Waals surface area contributed by atoms with Gasteiger partial charge in [-0.3, -0.25) is 0 Å². The topological polar surface area (TPSA) is 0 Å². The lowest BCUT2D eigenvalue weighted by atomic mass is 9.75. The van der Waals surface area contributed by atoms with Gasteiger partial charge in [0.1, 0.15) is 0 Å². The highest BCUT2D eigenvalue weighted by Gasteiger charge is 2.28. The number of hydrogen-bond donors (Lipinski definition) is 4. The fourth-order valence-electron chi connectivity index (χ4n) is 7.79. The molecule has 0 saturated heterocycles. The number of thiol groups is 4. The van der Waals surface area contributed by atoms with Crippen molar-refractivity contribution in [3.8, 4) is 22.3 Å². The van der Waals surface area contributed by atoms with Crippen LogP contribution < -0.4 is 0 Å². The Labute approximate surface area is 294 Å². The maximum atomic E-state index is 4.86. The van der Waals surface area contributed by atoms with Gasteiger partial charge in [-0.25, -0.2) is 0 Å². The molecule has 0 N–H and O–H groups in total. The standard InChI is InChI=1S/C42H38S4/c43-23-19-33-29-15-7-9-17-31(29)35(21-25-45)41-38(28-13-5-2-6-14-28)42-36(22-26-46)32-18-10-8-16-30(32)34(20-24-44)40(42)37(39(33)41)27-11-3-1-4-12-27/h1-18,43-46H,19-26H2. The zero-order chi connectivity index (χ0) is 31.6. The molecule has 0 heterocycles. The lowest BCUT2D eigenvalue weighted by Gasteiger charge is -2.28. The molecular weight excluding hydrogens is 633 g/mol. The summed E-state index contributed by atoms with van der Waals surface area (Å²) in [6.45, 7) is 0. The van der Waals surface area contributed by atoms with Crippen LogP contribution >= 0.6 is 50.5 Å². The Kier molecular flexibility index (Phi) is 9.60. The minimum absolute atomic E-state index is 0.768. The van der Waals surface area contributed by atoms with Crippen LogP contribution in [-0.4, -0.2) is 23.0 Å². The molecule has 0 unspecified atom stereocenters. The molecule has 0 aliphatic rings. The van der Waals surface area contributed by atoms with Crippen LogP contribution in [0.3, 0.4) is 0 Å². The smallest absolute Gasteiger partial charge is 0.00202 e. The molecule has 0 amide bonds. The maximum absolute atomic E-state index is 4.86. The molecule has 7 rings (SSSR count). The molecule has 0 spiro atoms. The van der Waals surface area contributed by atoms with Crippen molar-refractivity contribution in [1.29, 1.82) is 0 Å². The minimum Gasteiger partial charge on any atom is -0.179 e. The van der Waals surface area contributed by atoms with Crippen molar-refractivity contribution in [2.24, 2.45) is 0 Å². The van der Waals surface area contributed by atoms with E-state index in [-0.39, 0.29) is 0 Å². The predicted octanol–water partition coefficient (Wildman–Crippen LogP) is 11.5. The Morgan fingerprint density at radius 2 is 0.543 bits per heavy atom. The van der Waals surface area contributed by atoms with Crippen molar-refractivity contribution in [2.75, 3.05) is 23.0 Å². The fourth-order valence-corrected chi connectivity index (χ4v) is 8.68. The van der Waals surface area contributed by atoms with E-state index in [0.29, 0.717) is 0 Å². The zero-order valence-corrected chi connectivity index (χ0v) is 29.4. The summed E-state index contributed by atoms with van der Waals surface area (Å²) >= 11 is 19.4. The van der Waals surface area contributed by atoms with E-state index in [1.807, 2.05) is 0 Å². The molecule has 4 heteroatoms. The molecule has 0 nitrogen and oxygen atoms in total. The van der Waals surface area contributed by atoms with E-state index < -0.39 is 0 Å². The number of rotatable bonds is 10. The SMILES string of the molecule is SCCc1c2ccccc2c(CCS)c2c(-c3ccccc3)c3c(CCS)c4ccccc4c(CCS)c3c(-c3ccccc3)c12. The van der Waals surface area contributed by atoms with E-state index in [1.165, 1.54) is 87.6 Å². The van der Waals surface area contributed by atoms with Gasteiger partial charge in [0.2, 0.25) is 0 Å². The zero-order valence-electron chi connectivity index (χ0n) is 25.8. The van der Waals surface area contributed by atoms with Gasteiger partial charge in [-0.15, -0.1) is 0 Å². The number of benzene rings is 7. The molecule has 0 fully saturated rings. The van der Waals surface area contributed by atoms with Gasteiger partial charge < -0.3 is 0 Å². The number of fused-ring (bicyclic) bond motifs is 4. The first-order valence-electron chi connectivity index (χ1n) is 16.2. The van der Waals surface area contributed by atoms with Crippen LogP contribution in [0.25, 0.3) is 65.3 Å². The molecule has 7 aromatic carbocycles. The van der Waals surface area contributed by atoms with Crippen LogP contribution in [0.4, 0.5) is 0 Å². The molecule has 46 heavy (non-hydrogen) atoms. The number of aryl methyl sites for hydroxylation is 4. The third-order valence-electron chi connectivity index (χ3n) is 9.43. The van der Waals surface area contributed by atoms with Gasteiger partial charge in [-0.05, 0) is 136 Å². The van der Waals surface area contributed by atoms with Gasteiger partial charge in [0.15, 0.2) is 0 Å². The summed E-state index contributed by atoms with van der Waals surface area (Å²) < 4.78 is 0. The average Bonchev–Trinajstić information content (AvgIpc) is 3.10. The molecule has 0 aliphatic carbocycles. The van der Waals surface area contributed by atoms with Crippen molar-refractivity contribution in [1.82, 2.24) is 0 Å². The quantitative estimate of drug-likeness (QED) is 0.0808. The Morgan fingerprint density at radius 1 is 0.304 bits per heavy atom. The molecule has 7 aromatic rings. The lowest BCUT2D eigenvalue weighted by Crippen LogP contribution is -2.06. The van der Waals surface area contributed by atoms with Crippen LogP contribution in [0.15, 0.2) is 109 Å². The van der Waals surface area contributed by atoms with Crippen LogP contribution in [0.5, 0.6) is 0 Å². The second kappa shape index (κ2) is 14.0. The van der Waals surface area contributed by atoms with Crippen molar-refractivity contribution < 1.29 is 0 Å². The molecule has 0 aromatic heterocycles. The normalized spacial score (nSPS) is 11.7. The van der Waals surface area contributed by atoms with Crippen molar-refractivity contribution >= 4 is 93.6 Å². The molecule has 0 bridgehead atoms. The fraction of sp³-hybridized carbons (Fsp3) is 0.190. The summed E-state index contributed by atoms with van der Waals surface area (Å²) in [5.74, 6) is 3.07. The van der Waals surface area contributed by atoms with Gasteiger partial charge >= 0.3 is 0 Å². The van der Waals surface area contributed by atoms with E-state index in [9.17, 15) is 0 Å². The third kappa shape index (κ3) is 5.32. The molecule has 0 aliphatic heterocycles. The van der Waals surface area contributed by atoms with E-state index in [2.05, 4.69) is 109 Å². The predicted molar refractivity (Wildman–Crippen MR) is 218 cm³/mol. The molecule has 0 radical (unpaired) electrons. The summed E-state index contributed by atoms with van der Waals surface area (Å²) in [5.41, 5.74) is 10.7. The summed E-state index contributed by atoms with van der Waals surface area (Å²) in [5, 5.41) is 10.7. The van der Waals surface area contributed by atoms with E-state index in [1.54, 1.807) is 0 Å². The average molecular weight is 671 g/mol. The molecule has 0 saturated carbocycles. The third-order valence-corrected chi connectivity index (χ3v) is 10.3. The second-order valence-corrected chi connectivity index (χ2v) is 13.7. The Morgan fingerprint density at radius 3 is 0.783 bits per heavy atom. The van der Waals surface area contributed by atoms with Crippen molar-refractivity contribution in [3.63, 3.8) is 0 Å². The van der Waals surface area contributed by atoms with Crippen LogP contribution in [0.2, 0.25) is 0 Å². The van der Waals surface area contributed by atoms with Crippen molar-refractivity contribution in [2.45, 2.75) is 25.7 Å². The Balaban J connectivity index is 1.95. The molecule has 230 valence electrons. The van der Waals surface area contributed by atoms with E-state index in [0.717, 1.165) is 48.7 Å². The van der Waals surface area contributed by atoms with Gasteiger partial charge in [-0.2, -0.15) is 50.5 Å². The van der Waals surface area contributed by atoms with Crippen LogP contribution in [0, 0.1) is 0 Å². The van der Waals surface area contributed by atoms with E-state index in [4.69, 9.17) is 50.5 Å².